The molecule has 118 valence electrons. The van der Waals surface area contributed by atoms with E-state index in [4.69, 9.17) is 15.2 Å². The molecule has 2 rings (SSSR count). The van der Waals surface area contributed by atoms with Gasteiger partial charge in [-0.2, -0.15) is 0 Å². The molecule has 0 saturated carbocycles. The summed E-state index contributed by atoms with van der Waals surface area (Å²) in [6.07, 6.45) is -0.172. The van der Waals surface area contributed by atoms with Gasteiger partial charge < -0.3 is 20.3 Å². The first-order chi connectivity index (χ1) is 10.1. The van der Waals surface area contributed by atoms with E-state index < -0.39 is 0 Å². The molecule has 6 nitrogen and oxygen atoms in total. The van der Waals surface area contributed by atoms with Crippen molar-refractivity contribution in [1.82, 2.24) is 9.80 Å². The van der Waals surface area contributed by atoms with E-state index >= 15 is 0 Å². The zero-order valence-electron chi connectivity index (χ0n) is 12.8. The number of hydrogen-bond acceptors (Lipinski definition) is 6. The molecule has 1 saturated heterocycles. The Labute approximate surface area is 126 Å². The van der Waals surface area contributed by atoms with Gasteiger partial charge in [0.15, 0.2) is 6.29 Å². The van der Waals surface area contributed by atoms with E-state index in [2.05, 4.69) is 9.80 Å². The van der Waals surface area contributed by atoms with Crippen LogP contribution in [0.4, 0.5) is 5.69 Å². The Bertz CT molecular complexity index is 444. The smallest absolute Gasteiger partial charge is 0.169 e. The van der Waals surface area contributed by atoms with Gasteiger partial charge >= 0.3 is 0 Å². The van der Waals surface area contributed by atoms with Gasteiger partial charge in [-0.15, -0.1) is 0 Å². The number of anilines is 1. The SMILES string of the molecule is COC(CN1CCN(Cc2cc(N)ccc2O)CC1)OC. The van der Waals surface area contributed by atoms with Crippen molar-refractivity contribution in [2.24, 2.45) is 0 Å². The minimum Gasteiger partial charge on any atom is -0.508 e. The molecule has 1 aromatic carbocycles. The molecule has 0 unspecified atom stereocenters. The zero-order chi connectivity index (χ0) is 15.2. The number of hydrogen-bond donors (Lipinski definition) is 2. The minimum atomic E-state index is -0.172. The van der Waals surface area contributed by atoms with Crippen LogP contribution in [0, 0.1) is 0 Å². The molecule has 0 radical (unpaired) electrons. The van der Waals surface area contributed by atoms with Gasteiger partial charge in [0.25, 0.3) is 0 Å². The summed E-state index contributed by atoms with van der Waals surface area (Å²) >= 11 is 0. The first-order valence-corrected chi connectivity index (χ1v) is 7.20. The summed E-state index contributed by atoms with van der Waals surface area (Å²) in [4.78, 5) is 4.65. The molecule has 0 spiro atoms. The molecule has 1 fully saturated rings. The number of phenolic OH excluding ortho intramolecular Hbond substituents is 1. The Morgan fingerprint density at radius 2 is 1.76 bits per heavy atom. The minimum absolute atomic E-state index is 0.172. The highest BCUT2D eigenvalue weighted by atomic mass is 16.7. The van der Waals surface area contributed by atoms with Crippen LogP contribution in [0.3, 0.4) is 0 Å². The van der Waals surface area contributed by atoms with E-state index in [0.717, 1.165) is 44.8 Å². The molecule has 1 aliphatic heterocycles. The number of nitrogens with zero attached hydrogens (tertiary/aromatic N) is 2. The summed E-state index contributed by atoms with van der Waals surface area (Å²) in [5, 5.41) is 9.87. The average molecular weight is 295 g/mol. The van der Waals surface area contributed by atoms with Crippen LogP contribution in [-0.4, -0.2) is 68.1 Å². The standard InChI is InChI=1S/C15H25N3O3/c1-20-15(21-2)11-18-7-5-17(6-8-18)10-12-9-13(16)3-4-14(12)19/h3-4,9,15,19H,5-8,10-11,16H2,1-2H3. The fourth-order valence-corrected chi connectivity index (χ4v) is 2.56. The van der Waals surface area contributed by atoms with E-state index in [1.807, 2.05) is 6.07 Å². The summed E-state index contributed by atoms with van der Waals surface area (Å²) in [6, 6.07) is 5.21. The summed E-state index contributed by atoms with van der Waals surface area (Å²) in [6.45, 7) is 5.34. The quantitative estimate of drug-likeness (QED) is 0.457. The normalized spacial score (nSPS) is 17.5. The van der Waals surface area contributed by atoms with Gasteiger partial charge in [0.05, 0.1) is 0 Å². The first-order valence-electron chi connectivity index (χ1n) is 7.20. The first kappa shape index (κ1) is 16.0. The zero-order valence-corrected chi connectivity index (χ0v) is 12.8. The summed E-state index contributed by atoms with van der Waals surface area (Å²) in [7, 11) is 3.32. The lowest BCUT2D eigenvalue weighted by Crippen LogP contribution is -2.48. The fraction of sp³-hybridized carbons (Fsp3) is 0.600. The van der Waals surface area contributed by atoms with Gasteiger partial charge in [0.1, 0.15) is 5.75 Å². The second-order valence-electron chi connectivity index (χ2n) is 5.37. The lowest BCUT2D eigenvalue weighted by atomic mass is 10.1. The van der Waals surface area contributed by atoms with Gasteiger partial charge in [-0.3, -0.25) is 9.80 Å². The highest BCUT2D eigenvalue weighted by molar-refractivity contribution is 5.47. The lowest BCUT2D eigenvalue weighted by Gasteiger charge is -2.35. The van der Waals surface area contributed by atoms with Gasteiger partial charge in [0.2, 0.25) is 0 Å². The topological polar surface area (TPSA) is 71.2 Å². The lowest BCUT2D eigenvalue weighted by molar-refractivity contribution is -0.119. The maximum atomic E-state index is 9.87. The molecule has 3 N–H and O–H groups in total. The summed E-state index contributed by atoms with van der Waals surface area (Å²) < 4.78 is 10.5. The monoisotopic (exact) mass is 295 g/mol. The molecule has 0 aromatic heterocycles. The maximum absolute atomic E-state index is 9.87. The van der Waals surface area contributed by atoms with Gasteiger partial charge in [-0.1, -0.05) is 0 Å². The molecule has 0 amide bonds. The van der Waals surface area contributed by atoms with Crippen molar-refractivity contribution in [3.8, 4) is 5.75 Å². The van der Waals surface area contributed by atoms with Crippen molar-refractivity contribution in [3.63, 3.8) is 0 Å². The van der Waals surface area contributed by atoms with Crippen LogP contribution in [0.2, 0.25) is 0 Å². The van der Waals surface area contributed by atoms with Crippen LogP contribution < -0.4 is 5.73 Å². The van der Waals surface area contributed by atoms with Crippen LogP contribution in [-0.2, 0) is 16.0 Å². The second-order valence-corrected chi connectivity index (χ2v) is 5.37. The maximum Gasteiger partial charge on any atom is 0.169 e. The number of nitrogens with two attached hydrogens (primary N) is 1. The number of aromatic hydroxyl groups is 1. The van der Waals surface area contributed by atoms with Crippen LogP contribution in [0.1, 0.15) is 5.56 Å². The Hall–Kier alpha value is -1.34. The molecular weight excluding hydrogens is 270 g/mol. The van der Waals surface area contributed by atoms with Crippen molar-refractivity contribution < 1.29 is 14.6 Å². The summed E-state index contributed by atoms with van der Waals surface area (Å²) in [5.74, 6) is 0.311. The number of ether oxygens (including phenoxy) is 2. The van der Waals surface area contributed by atoms with E-state index in [9.17, 15) is 5.11 Å². The van der Waals surface area contributed by atoms with Gasteiger partial charge in [-0.25, -0.2) is 0 Å². The third-order valence-electron chi connectivity index (χ3n) is 3.90. The molecule has 1 aliphatic rings. The van der Waals surface area contributed by atoms with Crippen LogP contribution in [0.25, 0.3) is 0 Å². The van der Waals surface area contributed by atoms with Crippen LogP contribution in [0.5, 0.6) is 5.75 Å². The number of benzene rings is 1. The van der Waals surface area contributed by atoms with E-state index in [1.165, 1.54) is 0 Å². The largest absolute Gasteiger partial charge is 0.508 e. The third kappa shape index (κ3) is 4.57. The number of nitrogen functional groups attached to an aromatic ring is 1. The van der Waals surface area contributed by atoms with Crippen molar-refractivity contribution in [2.45, 2.75) is 12.8 Å². The highest BCUT2D eigenvalue weighted by Crippen LogP contribution is 2.22. The third-order valence-corrected chi connectivity index (χ3v) is 3.90. The Balaban J connectivity index is 1.82. The fourth-order valence-electron chi connectivity index (χ4n) is 2.56. The molecule has 0 aliphatic carbocycles. The highest BCUT2D eigenvalue weighted by Gasteiger charge is 2.20. The second kappa shape index (κ2) is 7.61. The van der Waals surface area contributed by atoms with Gasteiger partial charge in [-0.05, 0) is 18.2 Å². The number of methoxy groups -OCH3 is 2. The van der Waals surface area contributed by atoms with E-state index in [-0.39, 0.29) is 6.29 Å². The predicted molar refractivity (Wildman–Crippen MR) is 82.0 cm³/mol. The number of phenols is 1. The summed E-state index contributed by atoms with van der Waals surface area (Å²) in [5.41, 5.74) is 7.34. The van der Waals surface area contributed by atoms with Crippen molar-refractivity contribution in [3.05, 3.63) is 23.8 Å². The Morgan fingerprint density at radius 1 is 1.14 bits per heavy atom. The molecule has 1 aromatic rings. The molecule has 21 heavy (non-hydrogen) atoms. The Morgan fingerprint density at radius 3 is 2.38 bits per heavy atom. The average Bonchev–Trinajstić information content (AvgIpc) is 2.50. The van der Waals surface area contributed by atoms with E-state index in [0.29, 0.717) is 11.4 Å². The Kier molecular flexibility index (Phi) is 5.81. The molecule has 6 heteroatoms. The van der Waals surface area contributed by atoms with Crippen molar-refractivity contribution in [2.75, 3.05) is 52.7 Å². The van der Waals surface area contributed by atoms with E-state index in [1.54, 1.807) is 26.4 Å². The van der Waals surface area contributed by atoms with Crippen molar-refractivity contribution in [1.29, 1.82) is 0 Å². The van der Waals surface area contributed by atoms with Crippen LogP contribution in [0.15, 0.2) is 18.2 Å². The van der Waals surface area contributed by atoms with Gasteiger partial charge in [0, 0.05) is 64.7 Å². The number of piperazine rings is 1. The number of rotatable bonds is 6. The van der Waals surface area contributed by atoms with Crippen molar-refractivity contribution >= 4 is 5.69 Å². The predicted octanol–water partition coefficient (Wildman–Crippen LogP) is 0.711. The van der Waals surface area contributed by atoms with Crippen LogP contribution >= 0.6 is 0 Å². The molecular formula is C15H25N3O3. The molecule has 0 atom stereocenters. The molecule has 0 bridgehead atoms. The molecule has 1 heterocycles.